The fraction of sp³-hybridized carbons (Fsp3) is 0. The van der Waals surface area contributed by atoms with Crippen molar-refractivity contribution < 1.29 is 14.4 Å². The second-order valence-electron chi connectivity index (χ2n) is 0.869. The monoisotopic (exact) mass is 116 g/mol. The fourth-order valence-corrected chi connectivity index (χ4v) is 0.130. The summed E-state index contributed by atoms with van der Waals surface area (Å²) in [7, 11) is 0. The lowest BCUT2D eigenvalue weighted by atomic mass is 10.7. The molecule has 0 atom stereocenters. The van der Waals surface area contributed by atoms with Crippen LogP contribution in [0.25, 0.3) is 0 Å². The van der Waals surface area contributed by atoms with E-state index < -0.39 is 5.91 Å². The molecule has 0 fully saturated rings. The Labute approximate surface area is 45.0 Å². The lowest BCUT2D eigenvalue weighted by molar-refractivity contribution is -0.132. The van der Waals surface area contributed by atoms with Crippen molar-refractivity contribution in [3.05, 3.63) is 0 Å². The molecule has 0 saturated heterocycles. The maximum atomic E-state index is 9.87. The SMILES string of the molecule is O=CNNC(=O)C=O. The highest BCUT2D eigenvalue weighted by atomic mass is 16.2. The minimum atomic E-state index is -0.878. The second kappa shape index (κ2) is 3.79. The summed E-state index contributed by atoms with van der Waals surface area (Å²) < 4.78 is 0. The molecule has 0 aliphatic heterocycles. The van der Waals surface area contributed by atoms with Crippen molar-refractivity contribution in [2.24, 2.45) is 0 Å². The number of aldehydes is 1. The summed E-state index contributed by atoms with van der Waals surface area (Å²) in [5.41, 5.74) is 3.54. The Morgan fingerprint density at radius 3 is 2.38 bits per heavy atom. The first-order valence-electron chi connectivity index (χ1n) is 1.75. The molecule has 0 aromatic rings. The molecule has 0 unspecified atom stereocenters. The molecule has 0 spiro atoms. The summed E-state index contributed by atoms with van der Waals surface area (Å²) in [6.45, 7) is 0. The van der Waals surface area contributed by atoms with Gasteiger partial charge < -0.3 is 0 Å². The minimum absolute atomic E-state index is 0.0521. The number of hydrogen-bond acceptors (Lipinski definition) is 3. The number of amides is 2. The van der Waals surface area contributed by atoms with E-state index >= 15 is 0 Å². The van der Waals surface area contributed by atoms with E-state index in [1.807, 2.05) is 0 Å². The first kappa shape index (κ1) is 6.61. The van der Waals surface area contributed by atoms with E-state index in [0.29, 0.717) is 0 Å². The molecule has 0 heterocycles. The van der Waals surface area contributed by atoms with Crippen LogP contribution in [0, 0.1) is 0 Å². The lowest BCUT2D eigenvalue weighted by Crippen LogP contribution is -2.36. The molecule has 2 amide bonds. The van der Waals surface area contributed by atoms with Crippen molar-refractivity contribution in [3.8, 4) is 0 Å². The quantitative estimate of drug-likeness (QED) is 0.253. The first-order valence-corrected chi connectivity index (χ1v) is 1.75. The average Bonchev–Trinajstić information content (AvgIpc) is 1.83. The third-order valence-corrected chi connectivity index (χ3v) is 0.361. The predicted octanol–water partition coefficient (Wildman–Crippen LogP) is -2.04. The van der Waals surface area contributed by atoms with E-state index in [1.165, 1.54) is 0 Å². The number of nitrogens with one attached hydrogen (secondary N) is 2. The minimum Gasteiger partial charge on any atom is -0.292 e. The Bertz CT molecular complexity index is 111. The lowest BCUT2D eigenvalue weighted by Gasteiger charge is -1.91. The standard InChI is InChI=1S/C3H4N2O3/c6-1-3(8)5-4-2-7/h1-2H,(H,4,7)(H,5,8). The zero-order chi connectivity index (χ0) is 6.41. The van der Waals surface area contributed by atoms with E-state index in [1.54, 1.807) is 10.9 Å². The van der Waals surface area contributed by atoms with Gasteiger partial charge in [0.1, 0.15) is 0 Å². The maximum Gasteiger partial charge on any atom is 0.302 e. The van der Waals surface area contributed by atoms with Crippen LogP contribution in [-0.2, 0) is 14.4 Å². The van der Waals surface area contributed by atoms with Crippen molar-refractivity contribution in [3.63, 3.8) is 0 Å². The van der Waals surface area contributed by atoms with Crippen LogP contribution in [0.2, 0.25) is 0 Å². The Morgan fingerprint density at radius 1 is 1.38 bits per heavy atom. The fourth-order valence-electron chi connectivity index (χ4n) is 0.130. The Balaban J connectivity index is 3.24. The van der Waals surface area contributed by atoms with Gasteiger partial charge in [0.2, 0.25) is 12.7 Å². The van der Waals surface area contributed by atoms with E-state index in [2.05, 4.69) is 0 Å². The number of carbonyl (C=O) groups is 3. The third-order valence-electron chi connectivity index (χ3n) is 0.361. The molecule has 5 nitrogen and oxygen atoms in total. The number of carbonyl (C=O) groups excluding carboxylic acids is 3. The van der Waals surface area contributed by atoms with Gasteiger partial charge in [-0.1, -0.05) is 0 Å². The van der Waals surface area contributed by atoms with Gasteiger partial charge in [-0.2, -0.15) is 0 Å². The molecule has 0 aliphatic rings. The first-order chi connectivity index (χ1) is 3.81. The van der Waals surface area contributed by atoms with Gasteiger partial charge in [0.15, 0.2) is 0 Å². The van der Waals surface area contributed by atoms with E-state index in [-0.39, 0.29) is 12.7 Å². The zero-order valence-corrected chi connectivity index (χ0v) is 3.88. The molecule has 0 bridgehead atoms. The second-order valence-corrected chi connectivity index (χ2v) is 0.869. The number of hydrazine groups is 1. The molecule has 0 aromatic heterocycles. The highest BCUT2D eigenvalue weighted by Gasteiger charge is 1.90. The van der Waals surface area contributed by atoms with E-state index in [9.17, 15) is 14.4 Å². The Morgan fingerprint density at radius 2 is 2.00 bits per heavy atom. The van der Waals surface area contributed by atoms with Crippen molar-refractivity contribution in [2.45, 2.75) is 0 Å². The molecule has 2 N–H and O–H groups in total. The molecule has 0 rings (SSSR count). The van der Waals surface area contributed by atoms with Crippen LogP contribution < -0.4 is 10.9 Å². The van der Waals surface area contributed by atoms with Crippen molar-refractivity contribution in [1.82, 2.24) is 10.9 Å². The van der Waals surface area contributed by atoms with Gasteiger partial charge in [-0.15, -0.1) is 0 Å². The van der Waals surface area contributed by atoms with Gasteiger partial charge >= 0.3 is 5.91 Å². The van der Waals surface area contributed by atoms with Gasteiger partial charge in [0.25, 0.3) is 0 Å². The predicted molar refractivity (Wildman–Crippen MR) is 23.4 cm³/mol. The summed E-state index contributed by atoms with van der Waals surface area (Å²) in [6, 6.07) is 0. The molecule has 5 heteroatoms. The van der Waals surface area contributed by atoms with E-state index in [0.717, 1.165) is 0 Å². The normalized spacial score (nSPS) is 7.00. The van der Waals surface area contributed by atoms with Crippen LogP contribution in [-0.4, -0.2) is 18.6 Å². The molecular formula is C3H4N2O3. The van der Waals surface area contributed by atoms with Gasteiger partial charge in [0, 0.05) is 0 Å². The zero-order valence-electron chi connectivity index (χ0n) is 3.88. The molecule has 44 valence electrons. The molecule has 0 radical (unpaired) electrons. The largest absolute Gasteiger partial charge is 0.302 e. The number of rotatable bonds is 3. The van der Waals surface area contributed by atoms with Crippen LogP contribution in [0.5, 0.6) is 0 Å². The van der Waals surface area contributed by atoms with Gasteiger partial charge in [-0.25, -0.2) is 0 Å². The van der Waals surface area contributed by atoms with E-state index in [4.69, 9.17) is 0 Å². The average molecular weight is 116 g/mol. The smallest absolute Gasteiger partial charge is 0.292 e. The number of hydrogen-bond donors (Lipinski definition) is 2. The summed E-state index contributed by atoms with van der Waals surface area (Å²) in [5.74, 6) is -0.878. The summed E-state index contributed by atoms with van der Waals surface area (Å²) in [4.78, 5) is 28.7. The molecule has 0 aliphatic carbocycles. The molecular weight excluding hydrogens is 112 g/mol. The highest BCUT2D eigenvalue weighted by Crippen LogP contribution is 1.44. The Hall–Kier alpha value is -1.39. The van der Waals surface area contributed by atoms with Gasteiger partial charge in [-0.05, 0) is 0 Å². The Kier molecular flexibility index (Phi) is 3.13. The summed E-state index contributed by atoms with van der Waals surface area (Å²) >= 11 is 0. The highest BCUT2D eigenvalue weighted by molar-refractivity contribution is 6.23. The summed E-state index contributed by atoms with van der Waals surface area (Å²) in [6.07, 6.45) is 0.303. The van der Waals surface area contributed by atoms with Crippen LogP contribution in [0.1, 0.15) is 0 Å². The molecule has 8 heavy (non-hydrogen) atoms. The van der Waals surface area contributed by atoms with Crippen LogP contribution >= 0.6 is 0 Å². The summed E-state index contributed by atoms with van der Waals surface area (Å²) in [5, 5.41) is 0. The molecule has 0 aromatic carbocycles. The third kappa shape index (κ3) is 2.83. The van der Waals surface area contributed by atoms with Gasteiger partial charge in [0.05, 0.1) is 0 Å². The molecule has 0 saturated carbocycles. The van der Waals surface area contributed by atoms with Crippen LogP contribution in [0.15, 0.2) is 0 Å². The van der Waals surface area contributed by atoms with Crippen molar-refractivity contribution >= 4 is 18.6 Å². The van der Waals surface area contributed by atoms with Crippen molar-refractivity contribution in [1.29, 1.82) is 0 Å². The van der Waals surface area contributed by atoms with Crippen LogP contribution in [0.4, 0.5) is 0 Å². The topological polar surface area (TPSA) is 75.3 Å². The van der Waals surface area contributed by atoms with Crippen LogP contribution in [0.3, 0.4) is 0 Å². The van der Waals surface area contributed by atoms with Crippen molar-refractivity contribution in [2.75, 3.05) is 0 Å². The maximum absolute atomic E-state index is 9.87. The van der Waals surface area contributed by atoms with Gasteiger partial charge in [-0.3, -0.25) is 25.2 Å².